The highest BCUT2D eigenvalue weighted by Gasteiger charge is 2.10. The maximum Gasteiger partial charge on any atom is 0.287 e. The Kier molecular flexibility index (Phi) is 4.63. The first-order chi connectivity index (χ1) is 9.88. The SMILES string of the molecule is C/C(=N/NC(=O)c1cc(Br)c[nH]1)c1c(C)cc(C)cc1C. The Morgan fingerprint density at radius 1 is 1.19 bits per heavy atom. The third kappa shape index (κ3) is 3.61. The van der Waals surface area contributed by atoms with Crippen molar-refractivity contribution in [1.82, 2.24) is 10.4 Å². The number of rotatable bonds is 3. The monoisotopic (exact) mass is 347 g/mol. The number of carbonyl (C=O) groups is 1. The number of nitrogens with one attached hydrogen (secondary N) is 2. The molecule has 2 rings (SSSR count). The highest BCUT2D eigenvalue weighted by Crippen LogP contribution is 2.17. The highest BCUT2D eigenvalue weighted by molar-refractivity contribution is 9.10. The lowest BCUT2D eigenvalue weighted by Crippen LogP contribution is -2.20. The summed E-state index contributed by atoms with van der Waals surface area (Å²) in [5.41, 5.74) is 8.46. The summed E-state index contributed by atoms with van der Waals surface area (Å²) in [6.07, 6.45) is 1.71. The average molecular weight is 348 g/mol. The number of hydrazone groups is 1. The number of H-pyrrole nitrogens is 1. The van der Waals surface area contributed by atoms with Crippen LogP contribution >= 0.6 is 15.9 Å². The van der Waals surface area contributed by atoms with Crippen LogP contribution in [0.2, 0.25) is 0 Å². The molecule has 21 heavy (non-hydrogen) atoms. The molecule has 0 bridgehead atoms. The van der Waals surface area contributed by atoms with Gasteiger partial charge in [-0.05, 0) is 60.8 Å². The summed E-state index contributed by atoms with van der Waals surface area (Å²) in [5.74, 6) is -0.262. The summed E-state index contributed by atoms with van der Waals surface area (Å²) in [5, 5.41) is 4.21. The fourth-order valence-electron chi connectivity index (χ4n) is 2.50. The van der Waals surface area contributed by atoms with Crippen molar-refractivity contribution < 1.29 is 4.79 Å². The fraction of sp³-hybridized carbons (Fsp3) is 0.250. The Balaban J connectivity index is 2.20. The first-order valence-corrected chi connectivity index (χ1v) is 7.44. The number of aromatic nitrogens is 1. The molecule has 110 valence electrons. The Hall–Kier alpha value is -1.88. The molecule has 0 aliphatic rings. The molecule has 0 atom stereocenters. The van der Waals surface area contributed by atoms with Crippen LogP contribution in [0.25, 0.3) is 0 Å². The molecule has 1 aromatic heterocycles. The van der Waals surface area contributed by atoms with E-state index in [0.29, 0.717) is 5.69 Å². The molecule has 0 fully saturated rings. The lowest BCUT2D eigenvalue weighted by atomic mass is 9.97. The van der Waals surface area contributed by atoms with E-state index < -0.39 is 0 Å². The van der Waals surface area contributed by atoms with E-state index in [-0.39, 0.29) is 5.91 Å². The van der Waals surface area contributed by atoms with E-state index in [1.54, 1.807) is 12.3 Å². The number of halogens is 1. The Morgan fingerprint density at radius 3 is 2.33 bits per heavy atom. The van der Waals surface area contributed by atoms with Gasteiger partial charge in [-0.25, -0.2) is 5.43 Å². The van der Waals surface area contributed by atoms with Gasteiger partial charge in [0, 0.05) is 16.2 Å². The van der Waals surface area contributed by atoms with Gasteiger partial charge in [-0.15, -0.1) is 0 Å². The van der Waals surface area contributed by atoms with Crippen LogP contribution in [0.4, 0.5) is 0 Å². The summed E-state index contributed by atoms with van der Waals surface area (Å²) in [7, 11) is 0. The molecule has 0 aliphatic carbocycles. The summed E-state index contributed by atoms with van der Waals surface area (Å²) in [6.45, 7) is 8.08. The van der Waals surface area contributed by atoms with E-state index in [1.165, 1.54) is 5.56 Å². The van der Waals surface area contributed by atoms with Crippen LogP contribution < -0.4 is 5.43 Å². The predicted octanol–water partition coefficient (Wildman–Crippen LogP) is 3.86. The number of aryl methyl sites for hydroxylation is 3. The second kappa shape index (κ2) is 6.26. The number of benzene rings is 1. The van der Waals surface area contributed by atoms with Crippen LogP contribution in [-0.4, -0.2) is 16.6 Å². The first kappa shape index (κ1) is 15.5. The molecule has 1 amide bonds. The smallest absolute Gasteiger partial charge is 0.287 e. The zero-order chi connectivity index (χ0) is 15.6. The molecule has 0 spiro atoms. The van der Waals surface area contributed by atoms with E-state index in [0.717, 1.165) is 26.9 Å². The van der Waals surface area contributed by atoms with Crippen molar-refractivity contribution in [1.29, 1.82) is 0 Å². The minimum atomic E-state index is -0.262. The van der Waals surface area contributed by atoms with Crippen LogP contribution in [0.5, 0.6) is 0 Å². The molecule has 5 heteroatoms. The van der Waals surface area contributed by atoms with Crippen molar-refractivity contribution in [2.75, 3.05) is 0 Å². The normalized spacial score (nSPS) is 11.6. The van der Waals surface area contributed by atoms with Crippen molar-refractivity contribution in [3.8, 4) is 0 Å². The van der Waals surface area contributed by atoms with Crippen molar-refractivity contribution >= 4 is 27.5 Å². The van der Waals surface area contributed by atoms with Gasteiger partial charge in [0.2, 0.25) is 0 Å². The molecule has 0 radical (unpaired) electrons. The lowest BCUT2D eigenvalue weighted by Gasteiger charge is -2.11. The third-order valence-electron chi connectivity index (χ3n) is 3.26. The summed E-state index contributed by atoms with van der Waals surface area (Å²) < 4.78 is 0.832. The van der Waals surface area contributed by atoms with Gasteiger partial charge in [0.15, 0.2) is 0 Å². The number of amides is 1. The second-order valence-electron chi connectivity index (χ2n) is 5.14. The van der Waals surface area contributed by atoms with Gasteiger partial charge in [0.1, 0.15) is 5.69 Å². The van der Waals surface area contributed by atoms with Crippen LogP contribution in [-0.2, 0) is 0 Å². The summed E-state index contributed by atoms with van der Waals surface area (Å²) in [4.78, 5) is 14.8. The van der Waals surface area contributed by atoms with E-state index >= 15 is 0 Å². The topological polar surface area (TPSA) is 57.2 Å². The van der Waals surface area contributed by atoms with E-state index in [9.17, 15) is 4.79 Å². The standard InChI is InChI=1S/C16H18BrN3O/c1-9-5-10(2)15(11(3)6-9)12(4)19-20-16(21)14-7-13(17)8-18-14/h5-8,18H,1-4H3,(H,20,21)/b19-12-. The van der Waals surface area contributed by atoms with Gasteiger partial charge >= 0.3 is 0 Å². The number of nitrogens with zero attached hydrogens (tertiary/aromatic N) is 1. The lowest BCUT2D eigenvalue weighted by molar-refractivity contribution is 0.0950. The molecular formula is C16H18BrN3O. The summed E-state index contributed by atoms with van der Waals surface area (Å²) in [6, 6.07) is 5.94. The zero-order valence-corrected chi connectivity index (χ0v) is 14.1. The van der Waals surface area contributed by atoms with Crippen molar-refractivity contribution in [2.24, 2.45) is 5.10 Å². The molecule has 0 saturated carbocycles. The predicted molar refractivity (Wildman–Crippen MR) is 88.8 cm³/mol. The van der Waals surface area contributed by atoms with Gasteiger partial charge in [0.05, 0.1) is 5.71 Å². The molecule has 0 unspecified atom stereocenters. The van der Waals surface area contributed by atoms with Gasteiger partial charge in [0.25, 0.3) is 5.91 Å². The largest absolute Gasteiger partial charge is 0.356 e. The minimum Gasteiger partial charge on any atom is -0.356 e. The van der Waals surface area contributed by atoms with Gasteiger partial charge in [-0.2, -0.15) is 5.10 Å². The third-order valence-corrected chi connectivity index (χ3v) is 3.71. The first-order valence-electron chi connectivity index (χ1n) is 6.65. The Morgan fingerprint density at radius 2 is 1.81 bits per heavy atom. The van der Waals surface area contributed by atoms with Crippen LogP contribution in [0.15, 0.2) is 34.0 Å². The van der Waals surface area contributed by atoms with Gasteiger partial charge in [-0.1, -0.05) is 17.7 Å². The second-order valence-corrected chi connectivity index (χ2v) is 6.06. The molecule has 4 nitrogen and oxygen atoms in total. The van der Waals surface area contributed by atoms with Crippen LogP contribution in [0.1, 0.15) is 39.7 Å². The molecular weight excluding hydrogens is 330 g/mol. The van der Waals surface area contributed by atoms with Crippen molar-refractivity contribution in [2.45, 2.75) is 27.7 Å². The van der Waals surface area contributed by atoms with Gasteiger partial charge < -0.3 is 4.98 Å². The van der Waals surface area contributed by atoms with E-state index in [4.69, 9.17) is 0 Å². The maximum absolute atomic E-state index is 11.9. The van der Waals surface area contributed by atoms with E-state index in [2.05, 4.69) is 64.3 Å². The summed E-state index contributed by atoms with van der Waals surface area (Å²) >= 11 is 3.30. The van der Waals surface area contributed by atoms with Gasteiger partial charge in [-0.3, -0.25) is 4.79 Å². The average Bonchev–Trinajstić information content (AvgIpc) is 2.81. The van der Waals surface area contributed by atoms with Crippen molar-refractivity contribution in [3.63, 3.8) is 0 Å². The molecule has 2 N–H and O–H groups in total. The zero-order valence-electron chi connectivity index (χ0n) is 12.5. The molecule has 1 heterocycles. The maximum atomic E-state index is 11.9. The Labute approximate surface area is 132 Å². The highest BCUT2D eigenvalue weighted by atomic mass is 79.9. The molecule has 1 aromatic carbocycles. The van der Waals surface area contributed by atoms with Crippen molar-refractivity contribution in [3.05, 3.63) is 56.8 Å². The fourth-order valence-corrected chi connectivity index (χ4v) is 2.84. The number of carbonyl (C=O) groups excluding carboxylic acids is 1. The number of hydrogen-bond donors (Lipinski definition) is 2. The molecule has 0 saturated heterocycles. The minimum absolute atomic E-state index is 0.262. The number of hydrogen-bond acceptors (Lipinski definition) is 2. The number of aromatic amines is 1. The molecule has 0 aliphatic heterocycles. The van der Waals surface area contributed by atoms with E-state index in [1.807, 2.05) is 6.92 Å². The molecule has 2 aromatic rings. The Bertz CT molecular complexity index is 693. The quantitative estimate of drug-likeness (QED) is 0.642. The van der Waals surface area contributed by atoms with Crippen LogP contribution in [0.3, 0.4) is 0 Å². The van der Waals surface area contributed by atoms with Crippen LogP contribution in [0, 0.1) is 20.8 Å².